The summed E-state index contributed by atoms with van der Waals surface area (Å²) in [5.74, 6) is 0.903. The minimum atomic E-state index is -0.174. The summed E-state index contributed by atoms with van der Waals surface area (Å²) >= 11 is 0. The first-order chi connectivity index (χ1) is 11.8. The van der Waals surface area contributed by atoms with E-state index in [-0.39, 0.29) is 18.0 Å². The molecule has 0 radical (unpaired) electrons. The molecule has 0 bridgehead atoms. The van der Waals surface area contributed by atoms with Crippen molar-refractivity contribution in [3.8, 4) is 0 Å². The Labute approximate surface area is 140 Å². The number of imidazole rings is 1. The Morgan fingerprint density at radius 2 is 2.17 bits per heavy atom. The third-order valence-corrected chi connectivity index (χ3v) is 4.76. The normalized spacial score (nSPS) is 24.5. The minimum absolute atomic E-state index is 0.0257. The maximum absolute atomic E-state index is 12.5. The van der Waals surface area contributed by atoms with Gasteiger partial charge in [-0.2, -0.15) is 0 Å². The average molecular weight is 330 g/mol. The number of carbonyl (C=O) groups is 1. The zero-order chi connectivity index (χ0) is 16.4. The number of ether oxygens (including phenoxy) is 1. The first-order valence-electron chi connectivity index (χ1n) is 8.47. The highest BCUT2D eigenvalue weighted by molar-refractivity contribution is 5.91. The summed E-state index contributed by atoms with van der Waals surface area (Å²) in [5.41, 5.74) is 0. The molecule has 2 aromatic rings. The number of nitrogens with zero attached hydrogens (tertiary/aromatic N) is 3. The van der Waals surface area contributed by atoms with Crippen LogP contribution in [0, 0.1) is 0 Å². The van der Waals surface area contributed by atoms with E-state index in [1.54, 1.807) is 18.6 Å². The van der Waals surface area contributed by atoms with E-state index in [1.807, 2.05) is 16.8 Å². The van der Waals surface area contributed by atoms with E-state index >= 15 is 0 Å². The number of hydrogen-bond donors (Lipinski definition) is 1. The highest BCUT2D eigenvalue weighted by atomic mass is 16.5. The Kier molecular flexibility index (Phi) is 4.36. The van der Waals surface area contributed by atoms with Crippen LogP contribution in [0.4, 0.5) is 0 Å². The van der Waals surface area contributed by atoms with Crippen molar-refractivity contribution in [3.05, 3.63) is 42.4 Å². The van der Waals surface area contributed by atoms with Crippen LogP contribution < -0.4 is 5.32 Å². The van der Waals surface area contributed by atoms with E-state index in [9.17, 15) is 4.79 Å². The molecule has 2 aliphatic rings. The topological polar surface area (TPSA) is 72.5 Å². The third-order valence-electron chi connectivity index (χ3n) is 4.76. The molecule has 2 aromatic heterocycles. The van der Waals surface area contributed by atoms with Crippen molar-refractivity contribution in [2.45, 2.75) is 31.5 Å². The summed E-state index contributed by atoms with van der Waals surface area (Å²) < 4.78 is 13.2. The lowest BCUT2D eigenvalue weighted by atomic mass is 10.1. The van der Waals surface area contributed by atoms with Gasteiger partial charge in [-0.3, -0.25) is 9.69 Å². The van der Waals surface area contributed by atoms with Crippen LogP contribution >= 0.6 is 0 Å². The van der Waals surface area contributed by atoms with Crippen LogP contribution in [-0.4, -0.2) is 58.7 Å². The Bertz CT molecular complexity index is 676. The summed E-state index contributed by atoms with van der Waals surface area (Å²) in [6.45, 7) is 4.01. The second kappa shape index (κ2) is 6.78. The van der Waals surface area contributed by atoms with Crippen LogP contribution in [0.2, 0.25) is 0 Å². The Morgan fingerprint density at radius 1 is 1.29 bits per heavy atom. The van der Waals surface area contributed by atoms with Crippen molar-refractivity contribution in [2.75, 3.05) is 26.3 Å². The van der Waals surface area contributed by atoms with Gasteiger partial charge in [0, 0.05) is 12.4 Å². The quantitative estimate of drug-likeness (QED) is 0.889. The first kappa shape index (κ1) is 15.4. The molecule has 4 heterocycles. The molecule has 1 amide bonds. The van der Waals surface area contributed by atoms with E-state index in [1.165, 1.54) is 12.8 Å². The fourth-order valence-corrected chi connectivity index (χ4v) is 3.50. The number of hydrogen-bond acceptors (Lipinski definition) is 5. The summed E-state index contributed by atoms with van der Waals surface area (Å²) in [4.78, 5) is 18.9. The summed E-state index contributed by atoms with van der Waals surface area (Å²) in [7, 11) is 0. The maximum atomic E-state index is 12.5. The molecular formula is C17H22N4O3. The number of amides is 1. The molecule has 0 spiro atoms. The van der Waals surface area contributed by atoms with Crippen LogP contribution in [-0.2, 0) is 11.3 Å². The Balaban J connectivity index is 1.38. The zero-order valence-corrected chi connectivity index (χ0v) is 13.6. The van der Waals surface area contributed by atoms with Gasteiger partial charge in [-0.05, 0) is 38.1 Å². The van der Waals surface area contributed by atoms with Crippen LogP contribution in [0.25, 0.3) is 0 Å². The molecule has 0 aromatic carbocycles. The van der Waals surface area contributed by atoms with Crippen LogP contribution in [0.1, 0.15) is 29.2 Å². The van der Waals surface area contributed by atoms with Gasteiger partial charge in [-0.25, -0.2) is 4.98 Å². The number of nitrogens with one attached hydrogen (secondary N) is 1. The third kappa shape index (κ3) is 3.22. The van der Waals surface area contributed by atoms with Gasteiger partial charge in [-0.15, -0.1) is 0 Å². The second-order valence-electron chi connectivity index (χ2n) is 6.43. The van der Waals surface area contributed by atoms with Crippen molar-refractivity contribution >= 4 is 5.91 Å². The monoisotopic (exact) mass is 330 g/mol. The minimum Gasteiger partial charge on any atom is -0.454 e. The van der Waals surface area contributed by atoms with Crippen molar-refractivity contribution < 1.29 is 13.9 Å². The highest BCUT2D eigenvalue weighted by Gasteiger charge is 2.35. The molecule has 7 nitrogen and oxygen atoms in total. The largest absolute Gasteiger partial charge is 0.454 e. The number of rotatable bonds is 5. The van der Waals surface area contributed by atoms with Gasteiger partial charge in [-0.1, -0.05) is 0 Å². The fourth-order valence-electron chi connectivity index (χ4n) is 3.50. The van der Waals surface area contributed by atoms with E-state index in [2.05, 4.69) is 15.2 Å². The molecule has 0 unspecified atom stereocenters. The smallest absolute Gasteiger partial charge is 0.287 e. The zero-order valence-electron chi connectivity index (χ0n) is 13.6. The fraction of sp³-hybridized carbons (Fsp3) is 0.529. The van der Waals surface area contributed by atoms with Crippen LogP contribution in [0.5, 0.6) is 0 Å². The van der Waals surface area contributed by atoms with E-state index in [0.717, 1.165) is 18.8 Å². The molecule has 0 saturated carbocycles. The Hall–Kier alpha value is -2.12. The predicted molar refractivity (Wildman–Crippen MR) is 86.7 cm³/mol. The van der Waals surface area contributed by atoms with Crippen molar-refractivity contribution in [3.63, 3.8) is 0 Å². The van der Waals surface area contributed by atoms with Gasteiger partial charge >= 0.3 is 0 Å². The van der Waals surface area contributed by atoms with Crippen molar-refractivity contribution in [1.29, 1.82) is 0 Å². The molecule has 1 N–H and O–H groups in total. The van der Waals surface area contributed by atoms with Gasteiger partial charge in [0.1, 0.15) is 5.76 Å². The summed E-state index contributed by atoms with van der Waals surface area (Å²) in [6, 6.07) is 3.86. The predicted octanol–water partition coefficient (Wildman–Crippen LogP) is 1.12. The van der Waals surface area contributed by atoms with Crippen molar-refractivity contribution in [1.82, 2.24) is 19.8 Å². The lowest BCUT2D eigenvalue weighted by molar-refractivity contribution is 0.0886. The number of aromatic nitrogens is 2. The molecule has 0 aliphatic carbocycles. The molecule has 2 saturated heterocycles. The number of likely N-dealkylation sites (tertiary alicyclic amines) is 1. The van der Waals surface area contributed by atoms with Gasteiger partial charge in [0.15, 0.2) is 5.76 Å². The molecular weight excluding hydrogens is 308 g/mol. The molecule has 2 fully saturated rings. The number of carbonyl (C=O) groups excluding carboxylic acids is 1. The molecule has 24 heavy (non-hydrogen) atoms. The summed E-state index contributed by atoms with van der Waals surface area (Å²) in [6.07, 6.45) is 7.76. The molecule has 2 aliphatic heterocycles. The van der Waals surface area contributed by atoms with Crippen molar-refractivity contribution in [2.24, 2.45) is 0 Å². The molecule has 4 rings (SSSR count). The SMILES string of the molecule is O=C(N[C@@H]1COC[C@H]1N1CCCC1)c1ccc(Cn2ccnc2)o1. The molecule has 2 atom stereocenters. The maximum Gasteiger partial charge on any atom is 0.287 e. The van der Waals surface area contributed by atoms with Gasteiger partial charge in [0.2, 0.25) is 0 Å². The second-order valence-corrected chi connectivity index (χ2v) is 6.43. The van der Waals surface area contributed by atoms with Crippen LogP contribution in [0.15, 0.2) is 35.3 Å². The van der Waals surface area contributed by atoms with Gasteiger partial charge in [0.25, 0.3) is 5.91 Å². The Morgan fingerprint density at radius 3 is 2.96 bits per heavy atom. The lowest BCUT2D eigenvalue weighted by Crippen LogP contribution is -2.50. The van der Waals surface area contributed by atoms with Gasteiger partial charge < -0.3 is 19.0 Å². The first-order valence-corrected chi connectivity index (χ1v) is 8.47. The average Bonchev–Trinajstić information content (AvgIpc) is 3.36. The highest BCUT2D eigenvalue weighted by Crippen LogP contribution is 2.19. The lowest BCUT2D eigenvalue weighted by Gasteiger charge is -2.27. The van der Waals surface area contributed by atoms with Crippen LogP contribution in [0.3, 0.4) is 0 Å². The molecule has 7 heteroatoms. The van der Waals surface area contributed by atoms with Gasteiger partial charge in [0.05, 0.1) is 38.2 Å². The van der Waals surface area contributed by atoms with E-state index in [4.69, 9.17) is 9.15 Å². The number of furan rings is 1. The summed E-state index contributed by atoms with van der Waals surface area (Å²) in [5, 5.41) is 3.08. The van der Waals surface area contributed by atoms with E-state index < -0.39 is 0 Å². The van der Waals surface area contributed by atoms with E-state index in [0.29, 0.717) is 25.5 Å². The molecule has 128 valence electrons. The standard InChI is InChI=1S/C17H22N4O3/c22-17(16-4-3-13(24-16)9-20-8-5-18-12-20)19-14-10-23-11-15(14)21-6-1-2-7-21/h3-5,8,12,14-15H,1-2,6-7,9-11H2,(H,19,22)/t14-,15-/m1/s1.